The molecule has 1 rings (SSSR count). The molecule has 0 bridgehead atoms. The molecule has 0 aliphatic carbocycles. The lowest BCUT2D eigenvalue weighted by Gasteiger charge is -2.12. The Labute approximate surface area is 129 Å². The third-order valence-corrected chi connectivity index (χ3v) is 4.10. The molecule has 1 unspecified atom stereocenters. The number of unbranched alkanes of at least 4 members (excludes halogenated alkanes) is 3. The molecule has 1 aromatic heterocycles. The van der Waals surface area contributed by atoms with Crippen LogP contribution in [0.4, 0.5) is 4.79 Å². The van der Waals surface area contributed by atoms with Crippen LogP contribution in [0.5, 0.6) is 0 Å². The minimum absolute atomic E-state index is 0.0979. The van der Waals surface area contributed by atoms with Gasteiger partial charge >= 0.3 is 12.0 Å². The van der Waals surface area contributed by atoms with Gasteiger partial charge in [0.15, 0.2) is 0 Å². The maximum atomic E-state index is 11.7. The number of aryl methyl sites for hydroxylation is 1. The Morgan fingerprint density at radius 3 is 2.67 bits per heavy atom. The van der Waals surface area contributed by atoms with Crippen molar-refractivity contribution in [2.45, 2.75) is 52.0 Å². The highest BCUT2D eigenvalue weighted by Crippen LogP contribution is 2.16. The van der Waals surface area contributed by atoms with Crippen LogP contribution in [0.1, 0.15) is 55.8 Å². The first-order valence-electron chi connectivity index (χ1n) is 7.17. The van der Waals surface area contributed by atoms with E-state index < -0.39 is 5.97 Å². The van der Waals surface area contributed by atoms with E-state index in [2.05, 4.69) is 15.6 Å². The molecule has 1 heterocycles. The van der Waals surface area contributed by atoms with Gasteiger partial charge in [0.1, 0.15) is 5.01 Å². The number of amides is 2. The molecule has 21 heavy (non-hydrogen) atoms. The number of rotatable bonds is 9. The molecule has 0 aliphatic heterocycles. The highest BCUT2D eigenvalue weighted by molar-refractivity contribution is 7.09. The van der Waals surface area contributed by atoms with Gasteiger partial charge in [0.2, 0.25) is 0 Å². The first kappa shape index (κ1) is 17.4. The fourth-order valence-electron chi connectivity index (χ4n) is 1.84. The van der Waals surface area contributed by atoms with E-state index in [-0.39, 0.29) is 18.5 Å². The zero-order chi connectivity index (χ0) is 15.7. The normalized spacial score (nSPS) is 11.9. The maximum absolute atomic E-state index is 11.7. The SMILES string of the molecule is Cc1csc(C(C)NC(=O)NCCCCCCC(=O)O)n1. The summed E-state index contributed by atoms with van der Waals surface area (Å²) in [5.74, 6) is -0.751. The quantitative estimate of drug-likeness (QED) is 0.611. The van der Waals surface area contributed by atoms with E-state index in [4.69, 9.17) is 5.11 Å². The average molecular weight is 313 g/mol. The molecule has 0 radical (unpaired) electrons. The van der Waals surface area contributed by atoms with Gasteiger partial charge in [0.05, 0.1) is 6.04 Å². The molecule has 0 saturated heterocycles. The molecule has 1 atom stereocenters. The van der Waals surface area contributed by atoms with Crippen molar-refractivity contribution in [1.82, 2.24) is 15.6 Å². The Hall–Kier alpha value is -1.63. The van der Waals surface area contributed by atoms with Gasteiger partial charge in [-0.25, -0.2) is 9.78 Å². The summed E-state index contributed by atoms with van der Waals surface area (Å²) in [4.78, 5) is 26.4. The smallest absolute Gasteiger partial charge is 0.315 e. The molecule has 0 aliphatic rings. The lowest BCUT2D eigenvalue weighted by Crippen LogP contribution is -2.37. The van der Waals surface area contributed by atoms with E-state index in [9.17, 15) is 9.59 Å². The van der Waals surface area contributed by atoms with Crippen LogP contribution in [-0.4, -0.2) is 28.6 Å². The predicted octanol–water partition coefficient (Wildman–Crippen LogP) is 2.85. The minimum atomic E-state index is -0.751. The molecule has 2 amide bonds. The van der Waals surface area contributed by atoms with Crippen LogP contribution < -0.4 is 10.6 Å². The third-order valence-electron chi connectivity index (χ3n) is 2.96. The summed E-state index contributed by atoms with van der Waals surface area (Å²) in [5, 5.41) is 17.0. The highest BCUT2D eigenvalue weighted by atomic mass is 32.1. The van der Waals surface area contributed by atoms with E-state index in [1.807, 2.05) is 19.2 Å². The number of aliphatic carboxylic acids is 1. The van der Waals surface area contributed by atoms with Crippen LogP contribution >= 0.6 is 11.3 Å². The molecule has 0 fully saturated rings. The Balaban J connectivity index is 2.07. The van der Waals surface area contributed by atoms with Gasteiger partial charge in [0.25, 0.3) is 0 Å². The molecule has 7 heteroatoms. The number of carbonyl (C=O) groups is 2. The van der Waals surface area contributed by atoms with Crippen molar-refractivity contribution in [3.8, 4) is 0 Å². The first-order chi connectivity index (χ1) is 9.99. The second-order valence-corrected chi connectivity index (χ2v) is 5.90. The molecule has 0 spiro atoms. The molecule has 0 aromatic carbocycles. The number of nitrogens with one attached hydrogen (secondary N) is 2. The molecule has 118 valence electrons. The van der Waals surface area contributed by atoms with Crippen LogP contribution in [0, 0.1) is 6.92 Å². The van der Waals surface area contributed by atoms with Gasteiger partial charge in [0, 0.05) is 24.0 Å². The number of thiazole rings is 1. The molecule has 0 saturated carbocycles. The molecular weight excluding hydrogens is 290 g/mol. The van der Waals surface area contributed by atoms with Crippen LogP contribution in [0.3, 0.4) is 0 Å². The van der Waals surface area contributed by atoms with Crippen molar-refractivity contribution in [3.05, 3.63) is 16.1 Å². The monoisotopic (exact) mass is 313 g/mol. The standard InChI is InChI=1S/C14H23N3O3S/c1-10-9-21-13(16-10)11(2)17-14(20)15-8-6-4-3-5-7-12(18)19/h9,11H,3-8H2,1-2H3,(H,18,19)(H2,15,17,20). The van der Waals surface area contributed by atoms with Crippen molar-refractivity contribution in [2.75, 3.05) is 6.54 Å². The van der Waals surface area contributed by atoms with Crippen molar-refractivity contribution >= 4 is 23.3 Å². The maximum Gasteiger partial charge on any atom is 0.315 e. The predicted molar refractivity (Wildman–Crippen MR) is 82.5 cm³/mol. The third kappa shape index (κ3) is 7.65. The lowest BCUT2D eigenvalue weighted by molar-refractivity contribution is -0.137. The van der Waals surface area contributed by atoms with Crippen molar-refractivity contribution < 1.29 is 14.7 Å². The number of nitrogens with zero attached hydrogens (tertiary/aromatic N) is 1. The Morgan fingerprint density at radius 1 is 1.33 bits per heavy atom. The number of urea groups is 1. The van der Waals surface area contributed by atoms with E-state index in [1.165, 1.54) is 11.3 Å². The number of carboxylic acid groups (broad SMARTS) is 1. The zero-order valence-corrected chi connectivity index (χ0v) is 13.3. The largest absolute Gasteiger partial charge is 0.481 e. The summed E-state index contributed by atoms with van der Waals surface area (Å²) in [6.45, 7) is 4.43. The first-order valence-corrected chi connectivity index (χ1v) is 8.05. The van der Waals surface area contributed by atoms with Crippen LogP contribution in [-0.2, 0) is 4.79 Å². The highest BCUT2D eigenvalue weighted by Gasteiger charge is 2.11. The van der Waals surface area contributed by atoms with E-state index in [1.54, 1.807) is 0 Å². The fraction of sp³-hybridized carbons (Fsp3) is 0.643. The summed E-state index contributed by atoms with van der Waals surface area (Å²) in [6.07, 6.45) is 3.58. The van der Waals surface area contributed by atoms with Crippen LogP contribution in [0.2, 0.25) is 0 Å². The summed E-state index contributed by atoms with van der Waals surface area (Å²) >= 11 is 1.54. The number of carbonyl (C=O) groups excluding carboxylic acids is 1. The van der Waals surface area contributed by atoms with Gasteiger partial charge in [-0.3, -0.25) is 4.79 Å². The van der Waals surface area contributed by atoms with Gasteiger partial charge in [-0.1, -0.05) is 12.8 Å². The van der Waals surface area contributed by atoms with E-state index in [0.717, 1.165) is 30.0 Å². The fourth-order valence-corrected chi connectivity index (χ4v) is 2.64. The molecule has 3 N–H and O–H groups in total. The number of aromatic nitrogens is 1. The van der Waals surface area contributed by atoms with Crippen LogP contribution in [0.25, 0.3) is 0 Å². The van der Waals surface area contributed by atoms with Crippen molar-refractivity contribution in [2.24, 2.45) is 0 Å². The van der Waals surface area contributed by atoms with Gasteiger partial charge in [-0.05, 0) is 26.7 Å². The minimum Gasteiger partial charge on any atom is -0.481 e. The second kappa shape index (κ2) is 9.33. The number of carboxylic acids is 1. The van der Waals surface area contributed by atoms with E-state index in [0.29, 0.717) is 13.0 Å². The summed E-state index contributed by atoms with van der Waals surface area (Å²) < 4.78 is 0. The summed E-state index contributed by atoms with van der Waals surface area (Å²) in [7, 11) is 0. The van der Waals surface area contributed by atoms with Gasteiger partial charge in [-0.15, -0.1) is 11.3 Å². The Morgan fingerprint density at radius 2 is 2.05 bits per heavy atom. The average Bonchev–Trinajstić information content (AvgIpc) is 2.84. The Kier molecular flexibility index (Phi) is 7.74. The summed E-state index contributed by atoms with van der Waals surface area (Å²) in [5.41, 5.74) is 0.963. The van der Waals surface area contributed by atoms with Crippen LogP contribution in [0.15, 0.2) is 5.38 Å². The number of hydrogen-bond acceptors (Lipinski definition) is 4. The van der Waals surface area contributed by atoms with Crippen molar-refractivity contribution in [3.63, 3.8) is 0 Å². The zero-order valence-electron chi connectivity index (χ0n) is 12.5. The van der Waals surface area contributed by atoms with Gasteiger partial charge < -0.3 is 15.7 Å². The molecule has 1 aromatic rings. The molecule has 6 nitrogen and oxygen atoms in total. The second-order valence-electron chi connectivity index (χ2n) is 5.01. The summed E-state index contributed by atoms with van der Waals surface area (Å²) in [6, 6.07) is -0.292. The Bertz CT molecular complexity index is 462. The number of hydrogen-bond donors (Lipinski definition) is 3. The molecular formula is C14H23N3O3S. The van der Waals surface area contributed by atoms with E-state index >= 15 is 0 Å². The topological polar surface area (TPSA) is 91.3 Å². The van der Waals surface area contributed by atoms with Gasteiger partial charge in [-0.2, -0.15) is 0 Å². The van der Waals surface area contributed by atoms with Crippen molar-refractivity contribution in [1.29, 1.82) is 0 Å². The lowest BCUT2D eigenvalue weighted by atomic mass is 10.1.